The number of carbonyl (C=O) groups excluding carboxylic acids is 1. The van der Waals surface area contributed by atoms with Gasteiger partial charge in [0.05, 0.1) is 4.92 Å². The molecular formula is C18H23F3N4O3. The Morgan fingerprint density at radius 3 is 2.21 bits per heavy atom. The van der Waals surface area contributed by atoms with Crippen LogP contribution in [0, 0.1) is 40.2 Å². The van der Waals surface area contributed by atoms with Gasteiger partial charge >= 0.3 is 11.9 Å². The number of alkyl halides is 3. The van der Waals surface area contributed by atoms with Gasteiger partial charge in [0.2, 0.25) is 11.6 Å². The molecule has 4 bridgehead atoms. The summed E-state index contributed by atoms with van der Waals surface area (Å²) >= 11 is 0. The molecule has 4 aliphatic rings. The van der Waals surface area contributed by atoms with Crippen LogP contribution in [0.2, 0.25) is 0 Å². The van der Waals surface area contributed by atoms with Crippen LogP contribution in [0.3, 0.4) is 0 Å². The number of hydrogen-bond acceptors (Lipinski definition) is 4. The maximum Gasteiger partial charge on any atom is 0.442 e. The minimum atomic E-state index is -4.95. The molecule has 0 atom stereocenters. The molecule has 4 aliphatic carbocycles. The molecule has 4 fully saturated rings. The molecule has 1 N–H and O–H groups in total. The molecule has 7 nitrogen and oxygen atoms in total. The van der Waals surface area contributed by atoms with E-state index in [1.54, 1.807) is 0 Å². The predicted octanol–water partition coefficient (Wildman–Crippen LogP) is 3.45. The first-order chi connectivity index (χ1) is 13.1. The number of aromatic nitrogens is 2. The Labute approximate surface area is 159 Å². The zero-order valence-corrected chi connectivity index (χ0v) is 15.6. The summed E-state index contributed by atoms with van der Waals surface area (Å²) in [6.07, 6.45) is 2.20. The lowest BCUT2D eigenvalue weighted by Gasteiger charge is -2.56. The maximum atomic E-state index is 13.0. The molecule has 1 amide bonds. The third kappa shape index (κ3) is 3.37. The van der Waals surface area contributed by atoms with Gasteiger partial charge in [-0.2, -0.15) is 18.3 Å². The summed E-state index contributed by atoms with van der Waals surface area (Å²) in [6.45, 7) is 1.23. The largest absolute Gasteiger partial charge is 0.442 e. The van der Waals surface area contributed by atoms with E-state index in [1.807, 2.05) is 0 Å². The van der Waals surface area contributed by atoms with E-state index in [0.717, 1.165) is 41.7 Å². The molecule has 154 valence electrons. The van der Waals surface area contributed by atoms with Crippen molar-refractivity contribution in [3.63, 3.8) is 0 Å². The number of halogens is 3. The monoisotopic (exact) mass is 400 g/mol. The van der Waals surface area contributed by atoms with Gasteiger partial charge in [-0.1, -0.05) is 0 Å². The average molecular weight is 400 g/mol. The molecule has 10 heteroatoms. The van der Waals surface area contributed by atoms with Crippen molar-refractivity contribution < 1.29 is 22.9 Å². The van der Waals surface area contributed by atoms with E-state index in [4.69, 9.17) is 0 Å². The van der Waals surface area contributed by atoms with E-state index in [2.05, 4.69) is 10.4 Å². The van der Waals surface area contributed by atoms with E-state index in [9.17, 15) is 28.1 Å². The van der Waals surface area contributed by atoms with Crippen molar-refractivity contribution in [2.24, 2.45) is 23.2 Å². The molecule has 0 aromatic carbocycles. The second kappa shape index (κ2) is 6.45. The van der Waals surface area contributed by atoms with Gasteiger partial charge in [-0.25, -0.2) is 0 Å². The molecule has 1 heterocycles. The number of nitro groups is 1. The molecule has 0 radical (unpaired) electrons. The van der Waals surface area contributed by atoms with Crippen molar-refractivity contribution >= 4 is 11.6 Å². The number of nitrogens with zero attached hydrogens (tertiary/aromatic N) is 3. The fourth-order valence-electron chi connectivity index (χ4n) is 6.08. The van der Waals surface area contributed by atoms with Crippen molar-refractivity contribution in [3.05, 3.63) is 21.5 Å². The van der Waals surface area contributed by atoms with Crippen LogP contribution in [0.25, 0.3) is 0 Å². The van der Waals surface area contributed by atoms with Crippen LogP contribution in [0.1, 0.15) is 49.9 Å². The van der Waals surface area contributed by atoms with E-state index in [-0.39, 0.29) is 11.1 Å². The summed E-state index contributed by atoms with van der Waals surface area (Å²) in [5, 5.41) is 17.2. The van der Waals surface area contributed by atoms with Gasteiger partial charge in [0, 0.05) is 6.54 Å². The Hall–Kier alpha value is -2.13. The van der Waals surface area contributed by atoms with Crippen LogP contribution in [0.5, 0.6) is 0 Å². The molecule has 0 unspecified atom stereocenters. The van der Waals surface area contributed by atoms with Gasteiger partial charge in [0.25, 0.3) is 0 Å². The SMILES string of the molecule is Cc1c([N+](=O)[O-])c(C(F)(F)F)nn1CC(=O)NCC12CC3CC(CC(C3)C1)C2. The van der Waals surface area contributed by atoms with Gasteiger partial charge in [-0.05, 0) is 68.6 Å². The lowest BCUT2D eigenvalue weighted by atomic mass is 9.49. The standard InChI is InChI=1S/C18H23F3N4O3/c1-10-15(25(27)28)16(18(19,20)21)23-24(10)8-14(26)22-9-17-5-11-2-12(6-17)4-13(3-11)7-17/h11-13H,2-9H2,1H3,(H,22,26). The highest BCUT2D eigenvalue weighted by molar-refractivity contribution is 5.76. The lowest BCUT2D eigenvalue weighted by Crippen LogP contribution is -2.51. The lowest BCUT2D eigenvalue weighted by molar-refractivity contribution is -0.388. The first-order valence-corrected chi connectivity index (χ1v) is 9.62. The number of hydrogen-bond donors (Lipinski definition) is 1. The molecule has 0 spiro atoms. The molecule has 0 saturated heterocycles. The number of amides is 1. The predicted molar refractivity (Wildman–Crippen MR) is 92.2 cm³/mol. The molecule has 5 rings (SSSR count). The Balaban J connectivity index is 1.44. The number of carbonyl (C=O) groups is 1. The first kappa shape index (κ1) is 19.2. The Bertz CT molecular complexity index is 782. The highest BCUT2D eigenvalue weighted by atomic mass is 19.4. The van der Waals surface area contributed by atoms with Gasteiger partial charge < -0.3 is 5.32 Å². The fraction of sp³-hybridized carbons (Fsp3) is 0.778. The fourth-order valence-corrected chi connectivity index (χ4v) is 6.08. The smallest absolute Gasteiger partial charge is 0.354 e. The van der Waals surface area contributed by atoms with Crippen LogP contribution >= 0.6 is 0 Å². The maximum absolute atomic E-state index is 13.0. The Morgan fingerprint density at radius 2 is 1.79 bits per heavy atom. The quantitative estimate of drug-likeness (QED) is 0.606. The van der Waals surface area contributed by atoms with Crippen molar-refractivity contribution in [2.45, 2.75) is 58.2 Å². The molecule has 4 saturated carbocycles. The second-order valence-corrected chi connectivity index (χ2v) is 8.89. The number of nitrogens with one attached hydrogen (secondary N) is 1. The van der Waals surface area contributed by atoms with E-state index in [1.165, 1.54) is 26.2 Å². The minimum Gasteiger partial charge on any atom is -0.354 e. The normalized spacial score (nSPS) is 31.2. The van der Waals surface area contributed by atoms with Gasteiger partial charge in [0.15, 0.2) is 0 Å². The van der Waals surface area contributed by atoms with Gasteiger partial charge in [-0.15, -0.1) is 0 Å². The van der Waals surface area contributed by atoms with Crippen LogP contribution in [0.15, 0.2) is 0 Å². The van der Waals surface area contributed by atoms with E-state index < -0.39 is 34.9 Å². The summed E-state index contributed by atoms with van der Waals surface area (Å²) < 4.78 is 39.9. The Morgan fingerprint density at radius 1 is 1.25 bits per heavy atom. The topological polar surface area (TPSA) is 90.1 Å². The van der Waals surface area contributed by atoms with Gasteiger partial charge in [0.1, 0.15) is 12.2 Å². The average Bonchev–Trinajstić information content (AvgIpc) is 2.89. The van der Waals surface area contributed by atoms with Crippen LogP contribution in [-0.4, -0.2) is 27.2 Å². The van der Waals surface area contributed by atoms with Crippen LogP contribution in [0.4, 0.5) is 18.9 Å². The van der Waals surface area contributed by atoms with Crippen LogP contribution in [-0.2, 0) is 17.5 Å². The second-order valence-electron chi connectivity index (χ2n) is 8.89. The summed E-state index contributed by atoms with van der Waals surface area (Å²) in [5.74, 6) is 1.72. The third-order valence-electron chi connectivity index (χ3n) is 6.74. The van der Waals surface area contributed by atoms with Gasteiger partial charge in [-0.3, -0.25) is 19.6 Å². The molecule has 1 aromatic heterocycles. The summed E-state index contributed by atoms with van der Waals surface area (Å²) in [5.41, 5.74) is -2.83. The number of rotatable bonds is 5. The molecular weight excluding hydrogens is 377 g/mol. The van der Waals surface area contributed by atoms with E-state index >= 15 is 0 Å². The molecule has 0 aliphatic heterocycles. The Kier molecular flexibility index (Phi) is 4.42. The van der Waals surface area contributed by atoms with Crippen molar-refractivity contribution in [1.82, 2.24) is 15.1 Å². The summed E-state index contributed by atoms with van der Waals surface area (Å²) in [6, 6.07) is 0. The highest BCUT2D eigenvalue weighted by Gasteiger charge is 2.51. The van der Waals surface area contributed by atoms with Crippen LogP contribution < -0.4 is 5.32 Å². The summed E-state index contributed by atoms with van der Waals surface area (Å²) in [4.78, 5) is 22.3. The van der Waals surface area contributed by atoms with E-state index in [0.29, 0.717) is 6.54 Å². The minimum absolute atomic E-state index is 0.104. The molecule has 1 aromatic rings. The zero-order chi connectivity index (χ0) is 20.3. The molecule has 28 heavy (non-hydrogen) atoms. The summed E-state index contributed by atoms with van der Waals surface area (Å²) in [7, 11) is 0. The zero-order valence-electron chi connectivity index (χ0n) is 15.6. The van der Waals surface area contributed by atoms with Crippen molar-refractivity contribution in [3.8, 4) is 0 Å². The van der Waals surface area contributed by atoms with Crippen molar-refractivity contribution in [2.75, 3.05) is 6.54 Å². The highest BCUT2D eigenvalue weighted by Crippen LogP contribution is 2.59. The third-order valence-corrected chi connectivity index (χ3v) is 6.74. The first-order valence-electron chi connectivity index (χ1n) is 9.62. The van der Waals surface area contributed by atoms with Crippen molar-refractivity contribution in [1.29, 1.82) is 0 Å².